The number of aliphatic hydroxyl groups is 1. The fraction of sp³-hybridized carbons (Fsp3) is 0.417. The van der Waals surface area contributed by atoms with Crippen LogP contribution in [0.5, 0.6) is 11.5 Å². The lowest BCUT2D eigenvalue weighted by molar-refractivity contribution is -0.129. The van der Waals surface area contributed by atoms with Gasteiger partial charge in [-0.05, 0) is 25.1 Å². The summed E-state index contributed by atoms with van der Waals surface area (Å²) in [5.41, 5.74) is 0.505. The van der Waals surface area contributed by atoms with Gasteiger partial charge in [-0.2, -0.15) is 0 Å². The van der Waals surface area contributed by atoms with E-state index in [9.17, 15) is 14.7 Å². The van der Waals surface area contributed by atoms with Crippen LogP contribution < -0.4 is 9.47 Å². The van der Waals surface area contributed by atoms with Gasteiger partial charge < -0.3 is 28.6 Å². The molecule has 0 bridgehead atoms. The van der Waals surface area contributed by atoms with Crippen LogP contribution in [0, 0.1) is 6.92 Å². The minimum absolute atomic E-state index is 0.0390. The van der Waals surface area contributed by atoms with Crippen LogP contribution >= 0.6 is 0 Å². The van der Waals surface area contributed by atoms with Crippen LogP contribution in [0.3, 0.4) is 0 Å². The first-order valence-corrected chi connectivity index (χ1v) is 10.8. The van der Waals surface area contributed by atoms with Gasteiger partial charge in [-0.15, -0.1) is 0 Å². The van der Waals surface area contributed by atoms with Crippen LogP contribution in [0.25, 0.3) is 0 Å². The number of aliphatic hydroxyl groups excluding tert-OH is 1. The number of carbonyl (C=O) groups excluding carboxylic acids is 2. The zero-order chi connectivity index (χ0) is 23.5. The third-order valence-corrected chi connectivity index (χ3v) is 6.00. The first-order valence-electron chi connectivity index (χ1n) is 10.8. The second kappa shape index (κ2) is 9.68. The highest BCUT2D eigenvalue weighted by Crippen LogP contribution is 2.45. The van der Waals surface area contributed by atoms with Gasteiger partial charge in [0.2, 0.25) is 5.78 Å². The van der Waals surface area contributed by atoms with Crippen molar-refractivity contribution in [2.45, 2.75) is 13.0 Å². The molecule has 2 aliphatic rings. The van der Waals surface area contributed by atoms with E-state index in [0.717, 1.165) is 13.1 Å². The SMILES string of the molecule is COc1cccc([C@H]2C(C(=O)c3ccc(C)o3)=C(O)C(=O)N2CCN2CCOCC2)c1OC. The molecule has 1 atom stereocenters. The predicted octanol–water partition coefficient (Wildman–Crippen LogP) is 2.52. The molecule has 0 unspecified atom stereocenters. The van der Waals surface area contributed by atoms with Crippen molar-refractivity contribution in [3.05, 3.63) is 58.7 Å². The molecule has 0 saturated carbocycles. The van der Waals surface area contributed by atoms with Gasteiger partial charge in [-0.25, -0.2) is 0 Å². The van der Waals surface area contributed by atoms with E-state index >= 15 is 0 Å². The molecule has 3 heterocycles. The normalized spacial score (nSPS) is 19.3. The number of hydrogen-bond donors (Lipinski definition) is 1. The smallest absolute Gasteiger partial charge is 0.290 e. The first kappa shape index (κ1) is 22.9. The van der Waals surface area contributed by atoms with Crippen molar-refractivity contribution in [3.63, 3.8) is 0 Å². The molecule has 0 aliphatic carbocycles. The number of Topliss-reactive ketones (excluding diaryl/α,β-unsaturated/α-hetero) is 1. The number of methoxy groups -OCH3 is 2. The van der Waals surface area contributed by atoms with Crippen molar-refractivity contribution in [3.8, 4) is 11.5 Å². The fourth-order valence-electron chi connectivity index (χ4n) is 4.33. The van der Waals surface area contributed by atoms with Gasteiger partial charge in [-0.3, -0.25) is 14.5 Å². The summed E-state index contributed by atoms with van der Waals surface area (Å²) in [5.74, 6) is -0.257. The van der Waals surface area contributed by atoms with Crippen LogP contribution in [-0.4, -0.2) is 80.2 Å². The summed E-state index contributed by atoms with van der Waals surface area (Å²) < 4.78 is 21.9. The van der Waals surface area contributed by atoms with Gasteiger partial charge in [0.05, 0.1) is 39.0 Å². The van der Waals surface area contributed by atoms with Crippen LogP contribution in [0.4, 0.5) is 0 Å². The molecule has 0 radical (unpaired) electrons. The maximum absolute atomic E-state index is 13.4. The summed E-state index contributed by atoms with van der Waals surface area (Å²) in [6, 6.07) is 7.60. The largest absolute Gasteiger partial charge is 0.503 e. The van der Waals surface area contributed by atoms with Crippen molar-refractivity contribution in [1.29, 1.82) is 0 Å². The molecule has 1 amide bonds. The number of furan rings is 1. The summed E-state index contributed by atoms with van der Waals surface area (Å²) in [5, 5.41) is 10.8. The number of ketones is 1. The second-order valence-corrected chi connectivity index (χ2v) is 7.94. The number of nitrogens with zero attached hydrogens (tertiary/aromatic N) is 2. The molecule has 4 rings (SSSR count). The van der Waals surface area contributed by atoms with E-state index in [1.165, 1.54) is 19.1 Å². The first-order chi connectivity index (χ1) is 16.0. The average molecular weight is 456 g/mol. The van der Waals surface area contributed by atoms with E-state index in [2.05, 4.69) is 4.90 Å². The Morgan fingerprint density at radius 1 is 1.12 bits per heavy atom. The third kappa shape index (κ3) is 4.34. The van der Waals surface area contributed by atoms with Crippen LogP contribution in [0.2, 0.25) is 0 Å². The summed E-state index contributed by atoms with van der Waals surface area (Å²) >= 11 is 0. The number of carbonyl (C=O) groups is 2. The molecule has 0 spiro atoms. The van der Waals surface area contributed by atoms with Gasteiger partial charge in [0.25, 0.3) is 5.91 Å². The number of benzene rings is 1. The molecule has 33 heavy (non-hydrogen) atoms. The number of ether oxygens (including phenoxy) is 3. The van der Waals surface area contributed by atoms with Gasteiger partial charge >= 0.3 is 0 Å². The maximum Gasteiger partial charge on any atom is 0.290 e. The lowest BCUT2D eigenvalue weighted by atomic mass is 9.94. The molecule has 1 aromatic carbocycles. The topological polar surface area (TPSA) is 102 Å². The van der Waals surface area contributed by atoms with E-state index in [4.69, 9.17) is 18.6 Å². The van der Waals surface area contributed by atoms with Gasteiger partial charge in [0, 0.05) is 31.7 Å². The highest BCUT2D eigenvalue weighted by atomic mass is 16.5. The third-order valence-electron chi connectivity index (χ3n) is 6.00. The molecule has 1 aromatic heterocycles. The summed E-state index contributed by atoms with van der Waals surface area (Å²) in [6.45, 7) is 5.38. The molecule has 2 aromatic rings. The highest BCUT2D eigenvalue weighted by Gasteiger charge is 2.45. The quantitative estimate of drug-likeness (QED) is 0.605. The zero-order valence-corrected chi connectivity index (χ0v) is 19.0. The van der Waals surface area contributed by atoms with E-state index in [1.807, 2.05) is 0 Å². The van der Waals surface area contributed by atoms with E-state index in [0.29, 0.717) is 49.1 Å². The minimum Gasteiger partial charge on any atom is -0.503 e. The Kier molecular flexibility index (Phi) is 6.71. The Bertz CT molecular complexity index is 1070. The zero-order valence-electron chi connectivity index (χ0n) is 19.0. The Morgan fingerprint density at radius 3 is 2.52 bits per heavy atom. The number of rotatable bonds is 8. The monoisotopic (exact) mass is 456 g/mol. The minimum atomic E-state index is -0.860. The van der Waals surface area contributed by atoms with E-state index in [-0.39, 0.29) is 11.3 Å². The lowest BCUT2D eigenvalue weighted by Crippen LogP contribution is -2.43. The summed E-state index contributed by atoms with van der Waals surface area (Å²) in [7, 11) is 3.01. The molecule has 1 saturated heterocycles. The average Bonchev–Trinajstić information content (AvgIpc) is 3.38. The molecular weight excluding hydrogens is 428 g/mol. The lowest BCUT2D eigenvalue weighted by Gasteiger charge is -2.32. The van der Waals surface area contributed by atoms with Gasteiger partial charge in [0.1, 0.15) is 5.76 Å². The molecule has 1 N–H and O–H groups in total. The van der Waals surface area contributed by atoms with Crippen LogP contribution in [0.1, 0.15) is 27.9 Å². The van der Waals surface area contributed by atoms with E-state index in [1.54, 1.807) is 37.3 Å². The Hall–Kier alpha value is -3.30. The van der Waals surface area contributed by atoms with Crippen molar-refractivity contribution >= 4 is 11.7 Å². The number of amides is 1. The molecule has 176 valence electrons. The predicted molar refractivity (Wildman–Crippen MR) is 119 cm³/mol. The highest BCUT2D eigenvalue weighted by molar-refractivity contribution is 6.15. The Morgan fingerprint density at radius 2 is 1.88 bits per heavy atom. The van der Waals surface area contributed by atoms with Gasteiger partial charge in [0.15, 0.2) is 23.0 Å². The maximum atomic E-state index is 13.4. The molecular formula is C24H28N2O7. The van der Waals surface area contributed by atoms with Crippen LogP contribution in [-0.2, 0) is 9.53 Å². The number of morpholine rings is 1. The summed E-state index contributed by atoms with van der Waals surface area (Å²) in [4.78, 5) is 30.3. The number of para-hydroxylation sites is 1. The van der Waals surface area contributed by atoms with Crippen LogP contribution in [0.15, 0.2) is 46.1 Å². The van der Waals surface area contributed by atoms with Crippen molar-refractivity contribution < 1.29 is 33.3 Å². The fourth-order valence-corrected chi connectivity index (χ4v) is 4.33. The summed E-state index contributed by atoms with van der Waals surface area (Å²) in [6.07, 6.45) is 0. The Balaban J connectivity index is 1.76. The molecule has 1 fully saturated rings. The van der Waals surface area contributed by atoms with Crippen molar-refractivity contribution in [2.24, 2.45) is 0 Å². The second-order valence-electron chi connectivity index (χ2n) is 7.94. The standard InChI is InChI=1S/C24H28N2O7/c1-15-7-8-17(33-15)21(27)19-20(16-5-4-6-18(30-2)23(16)31-3)26(24(29)22(19)28)10-9-25-11-13-32-14-12-25/h4-8,20,28H,9-14H2,1-3H3/t20-/m0/s1. The van der Waals surface area contributed by atoms with E-state index < -0.39 is 23.5 Å². The van der Waals surface area contributed by atoms with Crippen molar-refractivity contribution in [2.75, 3.05) is 53.6 Å². The number of hydrogen-bond acceptors (Lipinski definition) is 8. The molecule has 9 nitrogen and oxygen atoms in total. The van der Waals surface area contributed by atoms with Gasteiger partial charge in [-0.1, -0.05) is 12.1 Å². The van der Waals surface area contributed by atoms with Crippen molar-refractivity contribution in [1.82, 2.24) is 9.80 Å². The Labute approximate surface area is 192 Å². The molecule has 9 heteroatoms. The molecule has 2 aliphatic heterocycles. The number of aryl methyl sites for hydroxylation is 1.